The molecule has 0 aliphatic heterocycles. The largest absolute Gasteiger partial charge is 0.497 e. The van der Waals surface area contributed by atoms with E-state index >= 15 is 0 Å². The van der Waals surface area contributed by atoms with E-state index in [1.807, 2.05) is 0 Å². The molecule has 1 atom stereocenters. The van der Waals surface area contributed by atoms with Crippen molar-refractivity contribution in [2.75, 3.05) is 7.11 Å². The first kappa shape index (κ1) is 9.67. The minimum atomic E-state index is -1.69. The van der Waals surface area contributed by atoms with Crippen LogP contribution in [-0.2, 0) is 5.72 Å². The van der Waals surface area contributed by atoms with E-state index in [2.05, 4.69) is 5.18 Å². The van der Waals surface area contributed by atoms with Crippen LogP contribution in [0.2, 0.25) is 0 Å². The van der Waals surface area contributed by atoms with Gasteiger partial charge in [0, 0.05) is 5.56 Å². The van der Waals surface area contributed by atoms with Crippen LogP contribution in [0.1, 0.15) is 12.5 Å². The molecule has 0 aliphatic carbocycles. The molecule has 70 valence electrons. The van der Waals surface area contributed by atoms with Gasteiger partial charge in [0.05, 0.1) is 7.11 Å². The van der Waals surface area contributed by atoms with Gasteiger partial charge in [-0.05, 0) is 24.2 Å². The van der Waals surface area contributed by atoms with E-state index < -0.39 is 5.72 Å². The summed E-state index contributed by atoms with van der Waals surface area (Å²) in [6.45, 7) is 1.33. The van der Waals surface area contributed by atoms with Gasteiger partial charge in [0.1, 0.15) is 5.75 Å². The second kappa shape index (κ2) is 3.53. The predicted octanol–water partition coefficient (Wildman–Crippen LogP) is 1.63. The Bertz CT molecular complexity index is 309. The first-order valence-electron chi connectivity index (χ1n) is 3.81. The van der Waals surface area contributed by atoms with Crippen LogP contribution in [0.15, 0.2) is 29.4 Å². The molecule has 0 fully saturated rings. The zero-order chi connectivity index (χ0) is 9.90. The Labute approximate surface area is 76.1 Å². The van der Waals surface area contributed by atoms with Crippen molar-refractivity contribution in [2.24, 2.45) is 5.18 Å². The lowest BCUT2D eigenvalue weighted by Gasteiger charge is -2.14. The first-order chi connectivity index (χ1) is 6.10. The third kappa shape index (κ3) is 2.03. The van der Waals surface area contributed by atoms with E-state index in [0.717, 1.165) is 0 Å². The number of hydrogen-bond acceptors (Lipinski definition) is 4. The molecule has 4 heteroatoms. The zero-order valence-corrected chi connectivity index (χ0v) is 7.52. The number of methoxy groups -OCH3 is 1. The van der Waals surface area contributed by atoms with Gasteiger partial charge in [0.2, 0.25) is 5.72 Å². The van der Waals surface area contributed by atoms with Crippen molar-refractivity contribution >= 4 is 0 Å². The van der Waals surface area contributed by atoms with Gasteiger partial charge in [-0.3, -0.25) is 0 Å². The fourth-order valence-corrected chi connectivity index (χ4v) is 0.970. The molecule has 1 N–H and O–H groups in total. The molecule has 0 amide bonds. The topological polar surface area (TPSA) is 58.9 Å². The van der Waals surface area contributed by atoms with Crippen LogP contribution in [0.4, 0.5) is 0 Å². The van der Waals surface area contributed by atoms with Crippen LogP contribution in [0.25, 0.3) is 0 Å². The predicted molar refractivity (Wildman–Crippen MR) is 48.4 cm³/mol. The molecule has 4 nitrogen and oxygen atoms in total. The quantitative estimate of drug-likeness (QED) is 0.721. The summed E-state index contributed by atoms with van der Waals surface area (Å²) in [7, 11) is 1.52. The number of hydrogen-bond donors (Lipinski definition) is 1. The van der Waals surface area contributed by atoms with Crippen LogP contribution in [0.5, 0.6) is 5.75 Å². The average Bonchev–Trinajstić information content (AvgIpc) is 2.18. The fourth-order valence-electron chi connectivity index (χ4n) is 0.970. The van der Waals surface area contributed by atoms with E-state index in [9.17, 15) is 10.0 Å². The van der Waals surface area contributed by atoms with Gasteiger partial charge in [-0.2, -0.15) is 0 Å². The number of nitroso groups, excluding NO2 is 1. The van der Waals surface area contributed by atoms with Crippen molar-refractivity contribution < 1.29 is 9.84 Å². The van der Waals surface area contributed by atoms with Gasteiger partial charge in [-0.1, -0.05) is 12.1 Å². The van der Waals surface area contributed by atoms with Crippen molar-refractivity contribution in [3.8, 4) is 5.75 Å². The molecular weight excluding hydrogens is 170 g/mol. The molecular formula is C9H11NO3. The molecule has 0 saturated heterocycles. The highest BCUT2D eigenvalue weighted by Gasteiger charge is 2.23. The summed E-state index contributed by atoms with van der Waals surface area (Å²) in [5.41, 5.74) is -1.27. The maximum absolute atomic E-state index is 10.3. The van der Waals surface area contributed by atoms with Crippen molar-refractivity contribution in [1.29, 1.82) is 0 Å². The Balaban J connectivity index is 3.08. The van der Waals surface area contributed by atoms with Crippen LogP contribution in [-0.4, -0.2) is 12.2 Å². The molecule has 0 aromatic heterocycles. The van der Waals surface area contributed by atoms with Crippen molar-refractivity contribution in [2.45, 2.75) is 12.6 Å². The molecule has 1 aromatic carbocycles. The monoisotopic (exact) mass is 181 g/mol. The lowest BCUT2D eigenvalue weighted by atomic mass is 10.1. The lowest BCUT2D eigenvalue weighted by Crippen LogP contribution is -2.16. The number of benzene rings is 1. The molecule has 13 heavy (non-hydrogen) atoms. The minimum Gasteiger partial charge on any atom is -0.497 e. The van der Waals surface area contributed by atoms with Gasteiger partial charge >= 0.3 is 0 Å². The molecule has 1 rings (SSSR count). The highest BCUT2D eigenvalue weighted by molar-refractivity contribution is 5.31. The molecule has 0 radical (unpaired) electrons. The Kier molecular flexibility index (Phi) is 2.63. The Morgan fingerprint density at radius 3 is 2.77 bits per heavy atom. The van der Waals surface area contributed by atoms with Crippen LogP contribution < -0.4 is 4.74 Å². The Hall–Kier alpha value is -1.42. The summed E-state index contributed by atoms with van der Waals surface area (Å²) in [4.78, 5) is 10.3. The molecule has 0 saturated carbocycles. The van der Waals surface area contributed by atoms with E-state index in [0.29, 0.717) is 11.3 Å². The third-order valence-corrected chi connectivity index (χ3v) is 1.79. The maximum Gasteiger partial charge on any atom is 0.220 e. The molecule has 1 unspecified atom stereocenters. The van der Waals surface area contributed by atoms with Gasteiger partial charge in [0.25, 0.3) is 0 Å². The van der Waals surface area contributed by atoms with Gasteiger partial charge in [0.15, 0.2) is 0 Å². The standard InChI is InChI=1S/C9H11NO3/c1-9(11,10-12)7-4-3-5-8(6-7)13-2/h3-6,11H,1-2H3. The number of ether oxygens (including phenoxy) is 1. The van der Waals surface area contributed by atoms with E-state index in [4.69, 9.17) is 4.74 Å². The summed E-state index contributed by atoms with van der Waals surface area (Å²) in [6, 6.07) is 6.60. The second-order valence-corrected chi connectivity index (χ2v) is 2.84. The Morgan fingerprint density at radius 1 is 1.54 bits per heavy atom. The van der Waals surface area contributed by atoms with E-state index in [1.165, 1.54) is 14.0 Å². The van der Waals surface area contributed by atoms with Gasteiger partial charge in [-0.15, -0.1) is 4.91 Å². The van der Waals surface area contributed by atoms with Crippen molar-refractivity contribution in [3.63, 3.8) is 0 Å². The number of aliphatic hydroxyl groups is 1. The number of rotatable bonds is 3. The molecule has 0 aliphatic rings. The maximum atomic E-state index is 10.3. The second-order valence-electron chi connectivity index (χ2n) is 2.84. The SMILES string of the molecule is COc1cccc(C(C)(O)N=O)c1. The van der Waals surface area contributed by atoms with Gasteiger partial charge < -0.3 is 9.84 Å². The van der Waals surface area contributed by atoms with Crippen molar-refractivity contribution in [1.82, 2.24) is 0 Å². The number of nitrogens with zero attached hydrogens (tertiary/aromatic N) is 1. The van der Waals surface area contributed by atoms with Crippen LogP contribution in [0.3, 0.4) is 0 Å². The van der Waals surface area contributed by atoms with E-state index in [1.54, 1.807) is 24.3 Å². The van der Waals surface area contributed by atoms with Gasteiger partial charge in [-0.25, -0.2) is 0 Å². The van der Waals surface area contributed by atoms with Crippen molar-refractivity contribution in [3.05, 3.63) is 34.7 Å². The lowest BCUT2D eigenvalue weighted by molar-refractivity contribution is 0.0653. The molecule has 1 aromatic rings. The summed E-state index contributed by atoms with van der Waals surface area (Å²) in [6.07, 6.45) is 0. The molecule has 0 spiro atoms. The summed E-state index contributed by atoms with van der Waals surface area (Å²) in [5.74, 6) is 0.585. The Morgan fingerprint density at radius 2 is 2.23 bits per heavy atom. The fraction of sp³-hybridized carbons (Fsp3) is 0.333. The summed E-state index contributed by atoms with van der Waals surface area (Å²) >= 11 is 0. The normalized spacial score (nSPS) is 14.7. The molecule has 0 heterocycles. The van der Waals surface area contributed by atoms with Crippen LogP contribution in [0, 0.1) is 4.91 Å². The smallest absolute Gasteiger partial charge is 0.220 e. The highest BCUT2D eigenvalue weighted by Crippen LogP contribution is 2.24. The average molecular weight is 181 g/mol. The minimum absolute atomic E-state index is 0.418. The van der Waals surface area contributed by atoms with E-state index in [-0.39, 0.29) is 0 Å². The first-order valence-corrected chi connectivity index (χ1v) is 3.81. The van der Waals surface area contributed by atoms with Crippen LogP contribution >= 0.6 is 0 Å². The summed E-state index contributed by atoms with van der Waals surface area (Å²) < 4.78 is 4.94. The third-order valence-electron chi connectivity index (χ3n) is 1.79. The molecule has 0 bridgehead atoms. The highest BCUT2D eigenvalue weighted by atomic mass is 16.5. The zero-order valence-electron chi connectivity index (χ0n) is 7.52. The summed E-state index contributed by atoms with van der Waals surface area (Å²) in [5, 5.41) is 12.1.